The molecule has 0 saturated heterocycles. The van der Waals surface area contributed by atoms with Gasteiger partial charge in [-0.05, 0) is 42.2 Å². The largest absolute Gasteiger partial charge is 0.128 e. The molecule has 0 aromatic heterocycles. The van der Waals surface area contributed by atoms with E-state index < -0.39 is 0 Å². The molecule has 0 aromatic rings. The van der Waals surface area contributed by atoms with Crippen LogP contribution in [0.15, 0.2) is 42.7 Å². The first kappa shape index (κ1) is 7.64. The molecule has 0 heteroatoms. The lowest BCUT2D eigenvalue weighted by atomic mass is 9.90. The van der Waals surface area contributed by atoms with Gasteiger partial charge in [0.05, 0.1) is 0 Å². The summed E-state index contributed by atoms with van der Waals surface area (Å²) >= 11 is 0. The van der Waals surface area contributed by atoms with Gasteiger partial charge >= 0.3 is 0 Å². The average molecular weight is 158 g/mol. The van der Waals surface area contributed by atoms with Crippen molar-refractivity contribution in [2.24, 2.45) is 17.8 Å². The van der Waals surface area contributed by atoms with Gasteiger partial charge in [-0.25, -0.2) is 0 Å². The van der Waals surface area contributed by atoms with Gasteiger partial charge in [-0.1, -0.05) is 18.7 Å². The van der Waals surface area contributed by atoms with E-state index in [4.69, 9.17) is 0 Å². The van der Waals surface area contributed by atoms with Crippen LogP contribution in [-0.2, 0) is 0 Å². The van der Waals surface area contributed by atoms with Crippen LogP contribution in [0.2, 0.25) is 0 Å². The quantitative estimate of drug-likeness (QED) is 0.428. The summed E-state index contributed by atoms with van der Waals surface area (Å²) in [5.74, 6) is 2.26. The molecule has 3 unspecified atom stereocenters. The highest BCUT2D eigenvalue weighted by atomic mass is 14.4. The summed E-state index contributed by atoms with van der Waals surface area (Å²) in [5.41, 5.74) is 4.31. The van der Waals surface area contributed by atoms with Gasteiger partial charge in [0.15, 0.2) is 0 Å². The van der Waals surface area contributed by atoms with Crippen molar-refractivity contribution in [2.45, 2.75) is 12.8 Å². The second kappa shape index (κ2) is 2.80. The summed E-state index contributed by atoms with van der Waals surface area (Å²) in [6.45, 7) is 7.47. The van der Waals surface area contributed by atoms with E-state index in [1.54, 1.807) is 0 Å². The Bertz CT molecular complexity index is 276. The Morgan fingerprint density at radius 2 is 2.33 bits per heavy atom. The SMILES string of the molecule is C=C=CC1=CC2CC1CC2C=C. The smallest absolute Gasteiger partial charge is 0.0147 e. The van der Waals surface area contributed by atoms with E-state index in [0.29, 0.717) is 0 Å². The highest BCUT2D eigenvalue weighted by Crippen LogP contribution is 2.48. The van der Waals surface area contributed by atoms with E-state index in [2.05, 4.69) is 31.0 Å². The summed E-state index contributed by atoms with van der Waals surface area (Å²) < 4.78 is 0. The number of hydrogen-bond acceptors (Lipinski definition) is 0. The molecule has 3 atom stereocenters. The van der Waals surface area contributed by atoms with Crippen LogP contribution in [-0.4, -0.2) is 0 Å². The van der Waals surface area contributed by atoms with E-state index in [9.17, 15) is 0 Å². The van der Waals surface area contributed by atoms with Crippen molar-refractivity contribution < 1.29 is 0 Å². The fourth-order valence-electron chi connectivity index (χ4n) is 2.50. The fraction of sp³-hybridized carbons (Fsp3) is 0.417. The monoisotopic (exact) mass is 158 g/mol. The van der Waals surface area contributed by atoms with Gasteiger partial charge in [-0.15, -0.1) is 12.3 Å². The van der Waals surface area contributed by atoms with Gasteiger partial charge in [-0.2, -0.15) is 0 Å². The topological polar surface area (TPSA) is 0 Å². The van der Waals surface area contributed by atoms with Crippen LogP contribution in [0.4, 0.5) is 0 Å². The van der Waals surface area contributed by atoms with Crippen molar-refractivity contribution in [1.29, 1.82) is 0 Å². The Morgan fingerprint density at radius 3 is 2.83 bits per heavy atom. The first-order chi connectivity index (χ1) is 5.85. The Balaban J connectivity index is 2.21. The van der Waals surface area contributed by atoms with Gasteiger partial charge in [0.1, 0.15) is 0 Å². The molecule has 62 valence electrons. The maximum atomic E-state index is 3.87. The zero-order valence-electron chi connectivity index (χ0n) is 7.29. The molecule has 2 bridgehead atoms. The molecule has 12 heavy (non-hydrogen) atoms. The molecule has 0 aromatic carbocycles. The minimum absolute atomic E-state index is 0.733. The summed E-state index contributed by atoms with van der Waals surface area (Å²) in [4.78, 5) is 0. The van der Waals surface area contributed by atoms with E-state index in [1.165, 1.54) is 18.4 Å². The van der Waals surface area contributed by atoms with Gasteiger partial charge in [0.25, 0.3) is 0 Å². The van der Waals surface area contributed by atoms with Crippen LogP contribution >= 0.6 is 0 Å². The van der Waals surface area contributed by atoms with Gasteiger partial charge < -0.3 is 0 Å². The lowest BCUT2D eigenvalue weighted by Gasteiger charge is -2.15. The molecule has 0 radical (unpaired) electrons. The van der Waals surface area contributed by atoms with Crippen LogP contribution in [0.1, 0.15) is 12.8 Å². The molecule has 0 aliphatic heterocycles. The molecule has 1 fully saturated rings. The molecule has 0 nitrogen and oxygen atoms in total. The van der Waals surface area contributed by atoms with E-state index in [1.807, 2.05) is 6.08 Å². The minimum atomic E-state index is 0.733. The molecule has 0 N–H and O–H groups in total. The van der Waals surface area contributed by atoms with Crippen molar-refractivity contribution in [3.05, 3.63) is 42.7 Å². The normalized spacial score (nSPS) is 37.3. The van der Waals surface area contributed by atoms with Gasteiger partial charge in [-0.3, -0.25) is 0 Å². The van der Waals surface area contributed by atoms with E-state index >= 15 is 0 Å². The van der Waals surface area contributed by atoms with Gasteiger partial charge in [0.2, 0.25) is 0 Å². The number of rotatable bonds is 2. The zero-order valence-corrected chi connectivity index (χ0v) is 7.29. The molecule has 0 heterocycles. The molecule has 2 aliphatic rings. The molecular formula is C12H14. The molecular weight excluding hydrogens is 144 g/mol. The Morgan fingerprint density at radius 1 is 1.50 bits per heavy atom. The number of allylic oxidation sites excluding steroid dienone is 4. The average Bonchev–Trinajstić information content (AvgIpc) is 2.62. The Hall–Kier alpha value is -1.00. The second-order valence-electron chi connectivity index (χ2n) is 3.75. The standard InChI is InChI=1S/C12H14/c1-3-5-10-7-11-8-12(10)6-9(11)4-2/h4-5,7,9,11-12H,1-2,6,8H2. The third-order valence-corrected chi connectivity index (χ3v) is 3.11. The molecule has 0 spiro atoms. The van der Waals surface area contributed by atoms with Crippen molar-refractivity contribution in [3.8, 4) is 0 Å². The summed E-state index contributed by atoms with van der Waals surface area (Å²) in [6.07, 6.45) is 9.13. The van der Waals surface area contributed by atoms with Gasteiger partial charge in [0, 0.05) is 0 Å². The summed E-state index contributed by atoms with van der Waals surface area (Å²) in [7, 11) is 0. The maximum absolute atomic E-state index is 3.87. The summed E-state index contributed by atoms with van der Waals surface area (Å²) in [6, 6.07) is 0. The van der Waals surface area contributed by atoms with Crippen molar-refractivity contribution in [3.63, 3.8) is 0 Å². The van der Waals surface area contributed by atoms with E-state index in [-0.39, 0.29) is 0 Å². The predicted molar refractivity (Wildman–Crippen MR) is 51.7 cm³/mol. The van der Waals surface area contributed by atoms with Crippen LogP contribution in [0.3, 0.4) is 0 Å². The third kappa shape index (κ3) is 1.00. The van der Waals surface area contributed by atoms with Crippen molar-refractivity contribution in [2.75, 3.05) is 0 Å². The predicted octanol–water partition coefficient (Wildman–Crippen LogP) is 3.10. The fourth-order valence-corrected chi connectivity index (χ4v) is 2.50. The highest BCUT2D eigenvalue weighted by Gasteiger charge is 2.37. The van der Waals surface area contributed by atoms with Crippen LogP contribution in [0.25, 0.3) is 0 Å². The van der Waals surface area contributed by atoms with Crippen molar-refractivity contribution >= 4 is 0 Å². The first-order valence-corrected chi connectivity index (χ1v) is 4.55. The number of hydrogen-bond donors (Lipinski definition) is 0. The van der Waals surface area contributed by atoms with Crippen LogP contribution in [0, 0.1) is 17.8 Å². The second-order valence-corrected chi connectivity index (χ2v) is 3.75. The molecule has 1 saturated carbocycles. The third-order valence-electron chi connectivity index (χ3n) is 3.11. The first-order valence-electron chi connectivity index (χ1n) is 4.55. The van der Waals surface area contributed by atoms with Crippen molar-refractivity contribution in [1.82, 2.24) is 0 Å². The molecule has 2 aliphatic carbocycles. The lowest BCUT2D eigenvalue weighted by molar-refractivity contribution is 0.546. The number of fused-ring (bicyclic) bond motifs is 2. The summed E-state index contributed by atoms with van der Waals surface area (Å²) in [5, 5.41) is 0. The van der Waals surface area contributed by atoms with Crippen LogP contribution in [0.5, 0.6) is 0 Å². The zero-order chi connectivity index (χ0) is 8.55. The maximum Gasteiger partial charge on any atom is -0.0147 e. The lowest BCUT2D eigenvalue weighted by Crippen LogP contribution is -2.04. The highest BCUT2D eigenvalue weighted by molar-refractivity contribution is 5.31. The van der Waals surface area contributed by atoms with Crippen LogP contribution < -0.4 is 0 Å². The Kier molecular flexibility index (Phi) is 1.78. The molecule has 2 rings (SSSR count). The molecule has 0 amide bonds. The van der Waals surface area contributed by atoms with E-state index in [0.717, 1.165) is 17.8 Å². The minimum Gasteiger partial charge on any atom is -0.128 e. The Labute approximate surface area is 74.0 Å².